The van der Waals surface area contributed by atoms with E-state index in [0.717, 1.165) is 0 Å². The number of hydrogen-bond donors (Lipinski definition) is 6. The highest BCUT2D eigenvalue weighted by Gasteiger charge is 2.42. The van der Waals surface area contributed by atoms with Crippen LogP contribution < -0.4 is 27.0 Å². The summed E-state index contributed by atoms with van der Waals surface area (Å²) >= 11 is 0. The van der Waals surface area contributed by atoms with Gasteiger partial charge in [-0.15, -0.1) is 0 Å². The molecule has 0 spiro atoms. The summed E-state index contributed by atoms with van der Waals surface area (Å²) in [4.78, 5) is 79.8. The van der Waals surface area contributed by atoms with Gasteiger partial charge >= 0.3 is 5.97 Å². The van der Waals surface area contributed by atoms with Crippen molar-refractivity contribution in [3.05, 3.63) is 0 Å². The van der Waals surface area contributed by atoms with Crippen molar-refractivity contribution in [2.75, 3.05) is 26.7 Å². The van der Waals surface area contributed by atoms with Crippen LogP contribution in [0.2, 0.25) is 0 Å². The number of rotatable bonds is 5. The minimum absolute atomic E-state index is 0.0767. The summed E-state index contributed by atoms with van der Waals surface area (Å²) < 4.78 is 33.1. The molecular formula is C28H46F2N6O8. The predicted molar refractivity (Wildman–Crippen MR) is 153 cm³/mol. The zero-order valence-electron chi connectivity index (χ0n) is 25.9. The lowest BCUT2D eigenvalue weighted by Crippen LogP contribution is -2.62. The first-order chi connectivity index (χ1) is 20.5. The summed E-state index contributed by atoms with van der Waals surface area (Å²) in [6, 6.07) is -5.41. The lowest BCUT2D eigenvalue weighted by molar-refractivity contribution is -0.150. The van der Waals surface area contributed by atoms with Gasteiger partial charge in [-0.3, -0.25) is 28.8 Å². The van der Waals surface area contributed by atoms with Gasteiger partial charge in [0.1, 0.15) is 37.3 Å². The molecule has 44 heavy (non-hydrogen) atoms. The Hall–Kier alpha value is -3.40. The van der Waals surface area contributed by atoms with Crippen LogP contribution in [0.5, 0.6) is 0 Å². The van der Waals surface area contributed by atoms with Gasteiger partial charge in [-0.2, -0.15) is 0 Å². The zero-order chi connectivity index (χ0) is 33.4. The van der Waals surface area contributed by atoms with Crippen LogP contribution in [-0.2, 0) is 33.5 Å². The lowest BCUT2D eigenvalue weighted by atomic mass is 9.81. The van der Waals surface area contributed by atoms with Gasteiger partial charge in [-0.05, 0) is 38.0 Å². The molecule has 2 fully saturated rings. The van der Waals surface area contributed by atoms with Crippen LogP contribution >= 0.6 is 0 Å². The van der Waals surface area contributed by atoms with Gasteiger partial charge in [0.05, 0.1) is 12.0 Å². The maximum absolute atomic E-state index is 14.0. The molecule has 0 radical (unpaired) electrons. The lowest BCUT2D eigenvalue weighted by Gasteiger charge is -2.36. The predicted octanol–water partition coefficient (Wildman–Crippen LogP) is -1.21. The number of cyclic esters (lactones) is 1. The number of aliphatic hydroxyl groups is 1. The van der Waals surface area contributed by atoms with E-state index in [1.807, 2.05) is 13.8 Å². The Morgan fingerprint density at radius 2 is 1.59 bits per heavy atom. The number of nitrogens with two attached hydrogens (primary N) is 1. The standard InChI is InChI=1S/C28H46F2N6O8/c1-14(2)10-19-24(40)35-22(17-6-8-28(29,30)9-7-17)26(42)33-18(11-31)23(39)34-21(16(4)37)25(41)32-12-20(38)44-13-15(3)27(43)36(19)5/h14-19,21-22,37H,6-13,31H2,1-5H3,(H,32,41)(H,33,42)(H,34,39)(H,35,40)/t15-,16+,18+,19+,21+,22+/m1/s1. The van der Waals surface area contributed by atoms with Gasteiger partial charge in [0.2, 0.25) is 35.5 Å². The first-order valence-corrected chi connectivity index (χ1v) is 14.8. The van der Waals surface area contributed by atoms with E-state index in [2.05, 4.69) is 21.3 Å². The van der Waals surface area contributed by atoms with Crippen molar-refractivity contribution >= 4 is 35.5 Å². The minimum Gasteiger partial charge on any atom is -0.464 e. The second-order valence-electron chi connectivity index (χ2n) is 12.1. The Balaban J connectivity index is 2.50. The molecule has 1 aliphatic carbocycles. The average molecular weight is 633 g/mol. The summed E-state index contributed by atoms with van der Waals surface area (Å²) in [6.07, 6.45) is -2.44. The first kappa shape index (κ1) is 36.8. The molecule has 0 unspecified atom stereocenters. The average Bonchev–Trinajstić information content (AvgIpc) is 2.95. The highest BCUT2D eigenvalue weighted by atomic mass is 19.3. The second kappa shape index (κ2) is 16.1. The molecule has 5 amide bonds. The molecule has 6 atom stereocenters. The Bertz CT molecular complexity index is 1060. The largest absolute Gasteiger partial charge is 0.464 e. The molecule has 250 valence electrons. The summed E-state index contributed by atoms with van der Waals surface area (Å²) in [5, 5.41) is 19.8. The van der Waals surface area contributed by atoms with Gasteiger partial charge in [0, 0.05) is 26.4 Å². The number of hydrogen-bond acceptors (Lipinski definition) is 9. The number of nitrogens with zero attached hydrogens (tertiary/aromatic N) is 1. The van der Waals surface area contributed by atoms with Crippen LogP contribution in [0.15, 0.2) is 0 Å². The fourth-order valence-corrected chi connectivity index (χ4v) is 5.19. The van der Waals surface area contributed by atoms with Crippen molar-refractivity contribution in [3.63, 3.8) is 0 Å². The minimum atomic E-state index is -2.92. The first-order valence-electron chi connectivity index (χ1n) is 14.8. The summed E-state index contributed by atoms with van der Waals surface area (Å²) in [5.74, 6) is -9.47. The Kier molecular flexibility index (Phi) is 13.4. The molecule has 2 aliphatic rings. The Morgan fingerprint density at radius 1 is 0.977 bits per heavy atom. The quantitative estimate of drug-likeness (QED) is 0.201. The molecule has 0 bridgehead atoms. The van der Waals surface area contributed by atoms with Crippen molar-refractivity contribution in [2.24, 2.45) is 23.5 Å². The highest BCUT2D eigenvalue weighted by Crippen LogP contribution is 2.37. The van der Waals surface area contributed by atoms with Crippen LogP contribution in [0.3, 0.4) is 0 Å². The van der Waals surface area contributed by atoms with Crippen LogP contribution in [0, 0.1) is 17.8 Å². The number of aliphatic hydroxyl groups excluding tert-OH is 1. The molecular weight excluding hydrogens is 586 g/mol. The maximum atomic E-state index is 14.0. The van der Waals surface area contributed by atoms with Crippen molar-refractivity contribution < 1.29 is 47.4 Å². The molecule has 2 rings (SSSR count). The maximum Gasteiger partial charge on any atom is 0.325 e. The zero-order valence-corrected chi connectivity index (χ0v) is 25.9. The van der Waals surface area contributed by atoms with Crippen molar-refractivity contribution in [2.45, 2.75) is 96.0 Å². The summed E-state index contributed by atoms with van der Waals surface area (Å²) in [6.45, 7) is 4.91. The van der Waals surface area contributed by atoms with E-state index >= 15 is 0 Å². The number of halogens is 2. The van der Waals surface area contributed by atoms with Crippen LogP contribution in [0.1, 0.15) is 59.8 Å². The highest BCUT2D eigenvalue weighted by molar-refractivity contribution is 5.96. The number of nitrogens with one attached hydrogen (secondary N) is 4. The van der Waals surface area contributed by atoms with Gasteiger partial charge in [-0.25, -0.2) is 8.78 Å². The molecule has 14 nitrogen and oxygen atoms in total. The number of carbonyl (C=O) groups excluding carboxylic acids is 6. The van der Waals surface area contributed by atoms with Gasteiger partial charge < -0.3 is 41.7 Å². The summed E-state index contributed by atoms with van der Waals surface area (Å²) in [5.41, 5.74) is 5.75. The van der Waals surface area contributed by atoms with E-state index in [9.17, 15) is 42.7 Å². The summed E-state index contributed by atoms with van der Waals surface area (Å²) in [7, 11) is 1.40. The third-order valence-corrected chi connectivity index (χ3v) is 7.88. The van der Waals surface area contributed by atoms with Crippen molar-refractivity contribution in [1.82, 2.24) is 26.2 Å². The number of carbonyl (C=O) groups is 6. The van der Waals surface area contributed by atoms with Gasteiger partial charge in [-0.1, -0.05) is 20.8 Å². The fraction of sp³-hybridized carbons (Fsp3) is 0.786. The van der Waals surface area contributed by atoms with Crippen LogP contribution in [0.25, 0.3) is 0 Å². The van der Waals surface area contributed by atoms with Crippen LogP contribution in [0.4, 0.5) is 8.78 Å². The van der Waals surface area contributed by atoms with E-state index in [-0.39, 0.29) is 31.8 Å². The van der Waals surface area contributed by atoms with E-state index in [0.29, 0.717) is 0 Å². The number of ether oxygens (including phenoxy) is 1. The topological polar surface area (TPSA) is 209 Å². The Morgan fingerprint density at radius 3 is 2.14 bits per heavy atom. The Labute approximate surface area is 255 Å². The molecule has 7 N–H and O–H groups in total. The normalized spacial score (nSPS) is 29.8. The molecule has 1 heterocycles. The third-order valence-electron chi connectivity index (χ3n) is 7.88. The molecule has 0 aromatic carbocycles. The molecule has 0 aromatic rings. The van der Waals surface area contributed by atoms with E-state index in [1.165, 1.54) is 25.8 Å². The number of alkyl halides is 2. The molecule has 16 heteroatoms. The van der Waals surface area contributed by atoms with Crippen molar-refractivity contribution in [1.29, 1.82) is 0 Å². The van der Waals surface area contributed by atoms with Crippen LogP contribution in [-0.4, -0.2) is 108 Å². The number of esters is 1. The fourth-order valence-electron chi connectivity index (χ4n) is 5.19. The number of likely N-dealkylation sites (N-methyl/N-ethyl adjacent to an activating group) is 1. The SMILES string of the molecule is CC(C)C[C@H]1C(=O)N[C@@H](C2CCC(F)(F)CC2)C(=O)N[C@@H](CN)C(=O)N[C@@H]([C@H](C)O)C(=O)NCC(=O)OC[C@@H](C)C(=O)N1C. The van der Waals surface area contributed by atoms with Crippen molar-refractivity contribution in [3.8, 4) is 0 Å². The molecule has 1 aliphatic heterocycles. The molecule has 0 aromatic heterocycles. The van der Waals surface area contributed by atoms with E-state index in [1.54, 1.807) is 0 Å². The monoisotopic (exact) mass is 632 g/mol. The van der Waals surface area contributed by atoms with Gasteiger partial charge in [0.15, 0.2) is 0 Å². The molecule has 1 saturated carbocycles. The second-order valence-corrected chi connectivity index (χ2v) is 12.1. The molecule has 1 saturated heterocycles. The smallest absolute Gasteiger partial charge is 0.325 e. The van der Waals surface area contributed by atoms with E-state index in [4.69, 9.17) is 10.5 Å². The third kappa shape index (κ3) is 10.4. The number of amides is 5. The van der Waals surface area contributed by atoms with Gasteiger partial charge in [0.25, 0.3) is 0 Å². The van der Waals surface area contributed by atoms with E-state index < -0.39 is 109 Å².